The van der Waals surface area contributed by atoms with Crippen molar-refractivity contribution in [2.75, 3.05) is 20.8 Å². The zero-order valence-corrected chi connectivity index (χ0v) is 16.1. The zero-order valence-electron chi connectivity index (χ0n) is 15.3. The second kappa shape index (κ2) is 9.05. The van der Waals surface area contributed by atoms with Gasteiger partial charge < -0.3 is 23.9 Å². The van der Waals surface area contributed by atoms with Crippen LogP contribution in [-0.2, 0) is 16.1 Å². The summed E-state index contributed by atoms with van der Waals surface area (Å²) in [4.78, 5) is 29.3. The molecule has 0 aliphatic rings. The van der Waals surface area contributed by atoms with Crippen molar-refractivity contribution in [3.63, 3.8) is 0 Å². The van der Waals surface area contributed by atoms with Crippen LogP contribution < -0.4 is 14.8 Å². The van der Waals surface area contributed by atoms with Gasteiger partial charge in [0.1, 0.15) is 36.6 Å². The molecule has 0 saturated heterocycles. The van der Waals surface area contributed by atoms with Crippen molar-refractivity contribution in [3.8, 4) is 22.3 Å². The Hall–Kier alpha value is -3.33. The lowest BCUT2D eigenvalue weighted by molar-refractivity contribution is -0.143. The molecule has 0 atom stereocenters. The summed E-state index contributed by atoms with van der Waals surface area (Å²) < 4.78 is 20.7. The van der Waals surface area contributed by atoms with Crippen LogP contribution in [0.4, 0.5) is 0 Å². The summed E-state index contributed by atoms with van der Waals surface area (Å²) in [5, 5.41) is 4.41. The van der Waals surface area contributed by atoms with Crippen LogP contribution in [0, 0.1) is 0 Å². The molecule has 3 aromatic rings. The van der Waals surface area contributed by atoms with Crippen LogP contribution in [0.25, 0.3) is 10.8 Å². The highest BCUT2D eigenvalue weighted by Crippen LogP contribution is 2.24. The number of benzene rings is 1. The number of methoxy groups -OCH3 is 2. The molecule has 0 aliphatic heterocycles. The summed E-state index contributed by atoms with van der Waals surface area (Å²) in [6.45, 7) is -0.329. The third kappa shape index (κ3) is 4.89. The Kier molecular flexibility index (Phi) is 6.28. The van der Waals surface area contributed by atoms with E-state index in [4.69, 9.17) is 18.6 Å². The normalized spacial score (nSPS) is 10.4. The number of carbonyl (C=O) groups is 2. The molecule has 8 nitrogen and oxygen atoms in total. The SMILES string of the molecule is COc1cc(OC)cc(C(=O)NCC(=O)OCc2coc(-c3cccs3)n2)c1. The Balaban J connectivity index is 1.50. The number of hydrogen-bond acceptors (Lipinski definition) is 8. The van der Waals surface area contributed by atoms with Crippen LogP contribution in [-0.4, -0.2) is 37.6 Å². The summed E-state index contributed by atoms with van der Waals surface area (Å²) in [6.07, 6.45) is 1.43. The molecule has 1 N–H and O–H groups in total. The maximum Gasteiger partial charge on any atom is 0.325 e. The molecular weight excluding hydrogens is 384 g/mol. The molecule has 146 valence electrons. The van der Waals surface area contributed by atoms with Crippen molar-refractivity contribution in [1.29, 1.82) is 0 Å². The summed E-state index contributed by atoms with van der Waals surface area (Å²) in [5.74, 6) is 0.375. The van der Waals surface area contributed by atoms with E-state index >= 15 is 0 Å². The number of nitrogens with one attached hydrogen (secondary N) is 1. The summed E-state index contributed by atoms with van der Waals surface area (Å²) in [7, 11) is 2.98. The van der Waals surface area contributed by atoms with E-state index in [1.165, 1.54) is 31.8 Å². The number of hydrogen-bond donors (Lipinski definition) is 1. The number of oxazole rings is 1. The van der Waals surface area contributed by atoms with Crippen LogP contribution in [0.3, 0.4) is 0 Å². The van der Waals surface area contributed by atoms with Gasteiger partial charge in [0.25, 0.3) is 5.91 Å². The van der Waals surface area contributed by atoms with Crippen molar-refractivity contribution in [2.24, 2.45) is 0 Å². The topological polar surface area (TPSA) is 99.9 Å². The lowest BCUT2D eigenvalue weighted by Crippen LogP contribution is -2.30. The maximum absolute atomic E-state index is 12.2. The minimum Gasteiger partial charge on any atom is -0.497 e. The van der Waals surface area contributed by atoms with Crippen molar-refractivity contribution < 1.29 is 28.2 Å². The van der Waals surface area contributed by atoms with Gasteiger partial charge in [-0.2, -0.15) is 0 Å². The standard InChI is InChI=1S/C19H18N2O6S/c1-24-14-6-12(7-15(8-14)25-2)18(23)20-9-17(22)26-10-13-11-27-19(21-13)16-4-3-5-28-16/h3-8,11H,9-10H2,1-2H3,(H,20,23). The van der Waals surface area contributed by atoms with Crippen LogP contribution in [0.2, 0.25) is 0 Å². The van der Waals surface area contributed by atoms with Gasteiger partial charge >= 0.3 is 5.97 Å². The fourth-order valence-electron chi connectivity index (χ4n) is 2.29. The highest BCUT2D eigenvalue weighted by molar-refractivity contribution is 7.13. The molecular formula is C19H18N2O6S. The fourth-order valence-corrected chi connectivity index (χ4v) is 2.94. The number of esters is 1. The molecule has 0 unspecified atom stereocenters. The van der Waals surface area contributed by atoms with E-state index in [1.54, 1.807) is 18.2 Å². The van der Waals surface area contributed by atoms with E-state index in [2.05, 4.69) is 10.3 Å². The van der Waals surface area contributed by atoms with Gasteiger partial charge in [-0.05, 0) is 23.6 Å². The maximum atomic E-state index is 12.2. The number of thiophene rings is 1. The minimum atomic E-state index is -0.594. The molecule has 3 rings (SSSR count). The minimum absolute atomic E-state index is 0.0451. The number of aromatic nitrogens is 1. The molecule has 0 saturated carbocycles. The summed E-state index contributed by atoms with van der Waals surface area (Å²) in [6, 6.07) is 8.52. The highest BCUT2D eigenvalue weighted by atomic mass is 32.1. The van der Waals surface area contributed by atoms with E-state index in [0.717, 1.165) is 4.88 Å². The smallest absolute Gasteiger partial charge is 0.325 e. The van der Waals surface area contributed by atoms with Crippen molar-refractivity contribution in [3.05, 3.63) is 53.2 Å². The van der Waals surface area contributed by atoms with Crippen molar-refractivity contribution in [2.45, 2.75) is 6.61 Å². The van der Waals surface area contributed by atoms with E-state index in [-0.39, 0.29) is 13.2 Å². The second-order valence-electron chi connectivity index (χ2n) is 5.57. The van der Waals surface area contributed by atoms with Crippen LogP contribution in [0.15, 0.2) is 46.4 Å². The molecule has 28 heavy (non-hydrogen) atoms. The average Bonchev–Trinajstić information content (AvgIpc) is 3.41. The monoisotopic (exact) mass is 402 g/mol. The number of ether oxygens (including phenoxy) is 3. The van der Waals surface area contributed by atoms with Gasteiger partial charge in [0.05, 0.1) is 19.1 Å². The molecule has 0 aliphatic carbocycles. The Bertz CT molecular complexity index is 929. The fraction of sp³-hybridized carbons (Fsp3) is 0.211. The van der Waals surface area contributed by atoms with Gasteiger partial charge in [-0.1, -0.05) is 6.07 Å². The molecule has 1 aromatic carbocycles. The average molecular weight is 402 g/mol. The summed E-state index contributed by atoms with van der Waals surface area (Å²) >= 11 is 1.50. The van der Waals surface area contributed by atoms with Gasteiger partial charge in [-0.15, -0.1) is 11.3 Å². The van der Waals surface area contributed by atoms with E-state index in [0.29, 0.717) is 28.6 Å². The van der Waals surface area contributed by atoms with E-state index in [9.17, 15) is 9.59 Å². The molecule has 1 amide bonds. The predicted octanol–water partition coefficient (Wildman–Crippen LogP) is 2.89. The van der Waals surface area contributed by atoms with Gasteiger partial charge in [0, 0.05) is 11.6 Å². The number of amides is 1. The van der Waals surface area contributed by atoms with Crippen molar-refractivity contribution >= 4 is 23.2 Å². The molecule has 0 radical (unpaired) electrons. The zero-order chi connectivity index (χ0) is 19.9. The second-order valence-corrected chi connectivity index (χ2v) is 6.51. The first kappa shape index (κ1) is 19.4. The molecule has 0 fully saturated rings. The Morgan fingerprint density at radius 1 is 1.18 bits per heavy atom. The number of nitrogens with zero attached hydrogens (tertiary/aromatic N) is 1. The largest absolute Gasteiger partial charge is 0.497 e. The van der Waals surface area contributed by atoms with Crippen LogP contribution >= 0.6 is 11.3 Å². The Labute approximate surface area is 165 Å². The molecule has 9 heteroatoms. The molecule has 0 spiro atoms. The lowest BCUT2D eigenvalue weighted by Gasteiger charge is -2.09. The Morgan fingerprint density at radius 2 is 1.93 bits per heavy atom. The van der Waals surface area contributed by atoms with Crippen LogP contribution in [0.1, 0.15) is 16.1 Å². The quantitative estimate of drug-likeness (QED) is 0.578. The van der Waals surface area contributed by atoms with E-state index < -0.39 is 11.9 Å². The molecule has 2 heterocycles. The predicted molar refractivity (Wildman–Crippen MR) is 101 cm³/mol. The van der Waals surface area contributed by atoms with Gasteiger partial charge in [-0.3, -0.25) is 9.59 Å². The van der Waals surface area contributed by atoms with E-state index in [1.807, 2.05) is 17.5 Å². The lowest BCUT2D eigenvalue weighted by atomic mass is 10.2. The van der Waals surface area contributed by atoms with Gasteiger partial charge in [0.15, 0.2) is 0 Å². The van der Waals surface area contributed by atoms with Gasteiger partial charge in [-0.25, -0.2) is 4.98 Å². The number of carbonyl (C=O) groups excluding carboxylic acids is 2. The molecule has 0 bridgehead atoms. The first-order chi connectivity index (χ1) is 13.6. The third-order valence-electron chi connectivity index (χ3n) is 3.67. The highest BCUT2D eigenvalue weighted by Gasteiger charge is 2.13. The first-order valence-corrected chi connectivity index (χ1v) is 9.12. The Morgan fingerprint density at radius 3 is 2.57 bits per heavy atom. The van der Waals surface area contributed by atoms with Crippen molar-refractivity contribution in [1.82, 2.24) is 10.3 Å². The third-order valence-corrected chi connectivity index (χ3v) is 4.53. The van der Waals surface area contributed by atoms with Crippen LogP contribution in [0.5, 0.6) is 11.5 Å². The summed E-state index contributed by atoms with van der Waals surface area (Å²) in [5.41, 5.74) is 0.793. The first-order valence-electron chi connectivity index (χ1n) is 8.24. The van der Waals surface area contributed by atoms with Gasteiger partial charge in [0.2, 0.25) is 5.89 Å². The number of rotatable bonds is 8. The molecule has 2 aromatic heterocycles.